The first-order valence-electron chi connectivity index (χ1n) is 4.64. The molecule has 0 aromatic carbocycles. The molecule has 0 aromatic heterocycles. The van der Waals surface area contributed by atoms with E-state index in [1.807, 2.05) is 0 Å². The fourth-order valence-electron chi connectivity index (χ4n) is 0.784. The van der Waals surface area contributed by atoms with E-state index in [-0.39, 0.29) is 0 Å². The fraction of sp³-hybridized carbons (Fsp3) is 0.800. The monoisotopic (exact) mass is 156 g/mol. The average molecular weight is 156 g/mol. The third-order valence-electron chi connectivity index (χ3n) is 1.47. The molecule has 0 fully saturated rings. The van der Waals surface area contributed by atoms with Crippen molar-refractivity contribution in [2.45, 2.75) is 39.5 Å². The van der Waals surface area contributed by atoms with Crippen LogP contribution in [-0.2, 0) is 4.74 Å². The maximum Gasteiger partial charge on any atom is 0.0500 e. The van der Waals surface area contributed by atoms with E-state index in [1.165, 1.54) is 12.8 Å². The van der Waals surface area contributed by atoms with Crippen LogP contribution in [0, 0.1) is 0 Å². The average Bonchev–Trinajstić information content (AvgIpc) is 2.03. The molecule has 0 bridgehead atoms. The summed E-state index contributed by atoms with van der Waals surface area (Å²) in [4.78, 5) is 0. The summed E-state index contributed by atoms with van der Waals surface area (Å²) in [5, 5.41) is 0. The molecule has 0 atom stereocenters. The van der Waals surface area contributed by atoms with Crippen LogP contribution in [0.25, 0.3) is 0 Å². The van der Waals surface area contributed by atoms with Gasteiger partial charge >= 0.3 is 0 Å². The van der Waals surface area contributed by atoms with Crippen LogP contribution in [0.1, 0.15) is 39.5 Å². The number of hydrogen-bond acceptors (Lipinski definition) is 1. The molecule has 0 heterocycles. The lowest BCUT2D eigenvalue weighted by Crippen LogP contribution is -1.94. The van der Waals surface area contributed by atoms with Gasteiger partial charge in [-0.15, -0.1) is 0 Å². The second-order valence-electron chi connectivity index (χ2n) is 2.63. The molecule has 0 aromatic rings. The quantitative estimate of drug-likeness (QED) is 0.406. The molecule has 0 unspecified atom stereocenters. The van der Waals surface area contributed by atoms with E-state index in [9.17, 15) is 0 Å². The van der Waals surface area contributed by atoms with Gasteiger partial charge in [0.05, 0.1) is 6.61 Å². The summed E-state index contributed by atoms with van der Waals surface area (Å²) in [7, 11) is 0. The predicted molar refractivity (Wildman–Crippen MR) is 49.8 cm³/mol. The van der Waals surface area contributed by atoms with Crippen molar-refractivity contribution < 1.29 is 4.74 Å². The Morgan fingerprint density at radius 2 is 1.91 bits per heavy atom. The molecule has 0 aliphatic heterocycles. The molecule has 0 radical (unpaired) electrons. The van der Waals surface area contributed by atoms with E-state index < -0.39 is 0 Å². The maximum absolute atomic E-state index is 5.37. The van der Waals surface area contributed by atoms with Crippen molar-refractivity contribution in [3.05, 3.63) is 12.2 Å². The Bertz CT molecular complexity index is 86.9. The third-order valence-corrected chi connectivity index (χ3v) is 1.47. The first-order chi connectivity index (χ1) is 5.41. The van der Waals surface area contributed by atoms with Crippen molar-refractivity contribution in [3.8, 4) is 0 Å². The van der Waals surface area contributed by atoms with Gasteiger partial charge in [0, 0.05) is 6.61 Å². The molecule has 0 saturated heterocycles. The first kappa shape index (κ1) is 10.7. The maximum atomic E-state index is 5.37. The number of hydrogen-bond donors (Lipinski definition) is 0. The SMILES string of the molecule is CCC=CCCOCCCC. The lowest BCUT2D eigenvalue weighted by molar-refractivity contribution is 0.136. The molecule has 0 aliphatic carbocycles. The van der Waals surface area contributed by atoms with Crippen molar-refractivity contribution in [1.82, 2.24) is 0 Å². The Morgan fingerprint density at radius 3 is 2.55 bits per heavy atom. The van der Waals surface area contributed by atoms with Gasteiger partial charge in [-0.1, -0.05) is 32.4 Å². The molecule has 1 nitrogen and oxygen atoms in total. The van der Waals surface area contributed by atoms with Gasteiger partial charge in [-0.25, -0.2) is 0 Å². The van der Waals surface area contributed by atoms with E-state index in [2.05, 4.69) is 26.0 Å². The number of allylic oxidation sites excluding steroid dienone is 1. The molecule has 66 valence electrons. The number of rotatable bonds is 7. The van der Waals surface area contributed by atoms with Crippen molar-refractivity contribution in [3.63, 3.8) is 0 Å². The third kappa shape index (κ3) is 9.70. The minimum Gasteiger partial charge on any atom is -0.381 e. The fourth-order valence-corrected chi connectivity index (χ4v) is 0.784. The van der Waals surface area contributed by atoms with Crippen LogP contribution >= 0.6 is 0 Å². The van der Waals surface area contributed by atoms with Gasteiger partial charge in [-0.2, -0.15) is 0 Å². The van der Waals surface area contributed by atoms with Crippen molar-refractivity contribution >= 4 is 0 Å². The van der Waals surface area contributed by atoms with Crippen molar-refractivity contribution in [2.24, 2.45) is 0 Å². The summed E-state index contributed by atoms with van der Waals surface area (Å²) < 4.78 is 5.37. The van der Waals surface area contributed by atoms with Crippen LogP contribution in [0.15, 0.2) is 12.2 Å². The van der Waals surface area contributed by atoms with E-state index in [0.29, 0.717) is 0 Å². The molecule has 0 N–H and O–H groups in total. The zero-order valence-corrected chi connectivity index (χ0v) is 7.81. The summed E-state index contributed by atoms with van der Waals surface area (Å²) in [5.41, 5.74) is 0. The number of unbranched alkanes of at least 4 members (excludes halogenated alkanes) is 1. The zero-order valence-electron chi connectivity index (χ0n) is 7.81. The molecule has 1 heteroatoms. The second kappa shape index (κ2) is 9.70. The topological polar surface area (TPSA) is 9.23 Å². The van der Waals surface area contributed by atoms with Crippen LogP contribution < -0.4 is 0 Å². The summed E-state index contributed by atoms with van der Waals surface area (Å²) >= 11 is 0. The normalized spacial score (nSPS) is 11.1. The molecule has 0 rings (SSSR count). The Labute approximate surface area is 70.4 Å². The van der Waals surface area contributed by atoms with E-state index in [4.69, 9.17) is 4.74 Å². The molecule has 0 spiro atoms. The molecule has 0 aliphatic rings. The highest BCUT2D eigenvalue weighted by molar-refractivity contribution is 4.79. The van der Waals surface area contributed by atoms with Gasteiger partial charge in [0.15, 0.2) is 0 Å². The van der Waals surface area contributed by atoms with Crippen LogP contribution in [0.5, 0.6) is 0 Å². The molecular formula is C10H20O. The van der Waals surface area contributed by atoms with E-state index >= 15 is 0 Å². The van der Waals surface area contributed by atoms with Crippen LogP contribution in [0.2, 0.25) is 0 Å². The Morgan fingerprint density at radius 1 is 1.09 bits per heavy atom. The highest BCUT2D eigenvalue weighted by Crippen LogP contribution is 1.91. The highest BCUT2D eigenvalue weighted by Gasteiger charge is 1.83. The van der Waals surface area contributed by atoms with Crippen LogP contribution in [0.3, 0.4) is 0 Å². The zero-order chi connectivity index (χ0) is 8.36. The minimum atomic E-state index is 0.885. The highest BCUT2D eigenvalue weighted by atomic mass is 16.5. The lowest BCUT2D eigenvalue weighted by atomic mass is 10.3. The van der Waals surface area contributed by atoms with E-state index in [1.54, 1.807) is 0 Å². The van der Waals surface area contributed by atoms with Gasteiger partial charge in [-0.05, 0) is 19.3 Å². The van der Waals surface area contributed by atoms with Gasteiger partial charge in [0.1, 0.15) is 0 Å². The Hall–Kier alpha value is -0.300. The second-order valence-corrected chi connectivity index (χ2v) is 2.63. The summed E-state index contributed by atoms with van der Waals surface area (Å²) in [6.45, 7) is 6.14. The molecule has 0 amide bonds. The Kier molecular flexibility index (Phi) is 9.44. The van der Waals surface area contributed by atoms with Gasteiger partial charge in [0.25, 0.3) is 0 Å². The molecule has 11 heavy (non-hydrogen) atoms. The smallest absolute Gasteiger partial charge is 0.0500 e. The largest absolute Gasteiger partial charge is 0.381 e. The van der Waals surface area contributed by atoms with Gasteiger partial charge in [-0.3, -0.25) is 0 Å². The summed E-state index contributed by atoms with van der Waals surface area (Å²) in [6.07, 6.45) is 8.99. The van der Waals surface area contributed by atoms with Gasteiger partial charge < -0.3 is 4.74 Å². The lowest BCUT2D eigenvalue weighted by Gasteiger charge is -1.98. The Balaban J connectivity index is 2.85. The molecular weight excluding hydrogens is 136 g/mol. The first-order valence-corrected chi connectivity index (χ1v) is 4.64. The van der Waals surface area contributed by atoms with Crippen molar-refractivity contribution in [2.75, 3.05) is 13.2 Å². The summed E-state index contributed by atoms with van der Waals surface area (Å²) in [5.74, 6) is 0. The minimum absolute atomic E-state index is 0.885. The predicted octanol–water partition coefficient (Wildman–Crippen LogP) is 3.16. The standard InChI is InChI=1S/C10H20O/c1-3-5-7-8-10-11-9-6-4-2/h5,7H,3-4,6,8-10H2,1-2H3. The van der Waals surface area contributed by atoms with Gasteiger partial charge in [0.2, 0.25) is 0 Å². The van der Waals surface area contributed by atoms with Crippen LogP contribution in [0.4, 0.5) is 0 Å². The number of ether oxygens (including phenoxy) is 1. The molecule has 0 saturated carbocycles. The van der Waals surface area contributed by atoms with Crippen LogP contribution in [-0.4, -0.2) is 13.2 Å². The van der Waals surface area contributed by atoms with E-state index in [0.717, 1.165) is 26.1 Å². The summed E-state index contributed by atoms with van der Waals surface area (Å²) in [6, 6.07) is 0. The van der Waals surface area contributed by atoms with Crippen molar-refractivity contribution in [1.29, 1.82) is 0 Å².